The molecule has 0 unspecified atom stereocenters. The van der Waals surface area contributed by atoms with Gasteiger partial charge in [-0.15, -0.1) is 0 Å². The van der Waals surface area contributed by atoms with Gasteiger partial charge in [-0.2, -0.15) is 10.2 Å². The Hall–Kier alpha value is -2.16. The van der Waals surface area contributed by atoms with Gasteiger partial charge in [0.1, 0.15) is 5.75 Å². The van der Waals surface area contributed by atoms with Gasteiger partial charge in [0, 0.05) is 0 Å². The van der Waals surface area contributed by atoms with E-state index in [1.807, 2.05) is 43.3 Å². The van der Waals surface area contributed by atoms with Crippen molar-refractivity contribution in [3.05, 3.63) is 54.1 Å². The number of aryl methyl sites for hydroxylation is 1. The highest BCUT2D eigenvalue weighted by Crippen LogP contribution is 2.21. The highest BCUT2D eigenvalue weighted by Gasteiger charge is 1.96. The lowest BCUT2D eigenvalue weighted by Crippen LogP contribution is -1.89. The van der Waals surface area contributed by atoms with Gasteiger partial charge in [0.05, 0.1) is 18.0 Å². The number of rotatable bonds is 8. The van der Waals surface area contributed by atoms with E-state index in [9.17, 15) is 0 Å². The number of nitrogens with zero attached hydrogens (tertiary/aromatic N) is 2. The molecule has 2 aromatic carbocycles. The van der Waals surface area contributed by atoms with Crippen molar-refractivity contribution in [2.45, 2.75) is 39.5 Å². The van der Waals surface area contributed by atoms with Crippen molar-refractivity contribution in [3.63, 3.8) is 0 Å². The number of ether oxygens (including phenoxy) is 1. The van der Waals surface area contributed by atoms with Crippen molar-refractivity contribution in [2.75, 3.05) is 6.61 Å². The molecular weight excluding hydrogens is 272 g/mol. The van der Waals surface area contributed by atoms with Crippen molar-refractivity contribution in [2.24, 2.45) is 10.2 Å². The maximum absolute atomic E-state index is 5.40. The van der Waals surface area contributed by atoms with E-state index in [4.69, 9.17) is 4.74 Å². The summed E-state index contributed by atoms with van der Waals surface area (Å²) in [5.74, 6) is 0.859. The van der Waals surface area contributed by atoms with Crippen molar-refractivity contribution in [3.8, 4) is 5.75 Å². The third-order valence-corrected chi connectivity index (χ3v) is 3.43. The van der Waals surface area contributed by atoms with Crippen molar-refractivity contribution < 1.29 is 4.74 Å². The van der Waals surface area contributed by atoms with E-state index in [1.54, 1.807) is 0 Å². The summed E-state index contributed by atoms with van der Waals surface area (Å²) in [7, 11) is 0. The topological polar surface area (TPSA) is 34.0 Å². The summed E-state index contributed by atoms with van der Waals surface area (Å²) in [4.78, 5) is 0. The van der Waals surface area contributed by atoms with Crippen LogP contribution in [-0.2, 0) is 6.42 Å². The molecule has 0 spiro atoms. The lowest BCUT2D eigenvalue weighted by Gasteiger charge is -2.02. The molecule has 0 aliphatic rings. The molecule has 0 fully saturated rings. The molecule has 2 aromatic rings. The Morgan fingerprint density at radius 3 is 1.91 bits per heavy atom. The third kappa shape index (κ3) is 5.32. The highest BCUT2D eigenvalue weighted by molar-refractivity contribution is 5.43. The zero-order valence-corrected chi connectivity index (χ0v) is 13.5. The first-order chi connectivity index (χ1) is 10.8. The molecule has 0 radical (unpaired) electrons. The van der Waals surface area contributed by atoms with Gasteiger partial charge < -0.3 is 4.74 Å². The Balaban J connectivity index is 1.92. The molecule has 22 heavy (non-hydrogen) atoms. The van der Waals surface area contributed by atoms with Crippen LogP contribution in [0.4, 0.5) is 11.4 Å². The first kappa shape index (κ1) is 16.2. The standard InChI is InChI=1S/C19H24N2O/c1-3-5-6-7-16-8-10-17(11-9-16)20-21-18-12-14-19(15-13-18)22-4-2/h8-15H,3-7H2,1-2H3. The number of hydrogen-bond acceptors (Lipinski definition) is 3. The van der Waals surface area contributed by atoms with Gasteiger partial charge in [-0.25, -0.2) is 0 Å². The van der Waals surface area contributed by atoms with Gasteiger partial charge in [-0.05, 0) is 61.7 Å². The summed E-state index contributed by atoms with van der Waals surface area (Å²) >= 11 is 0. The first-order valence-corrected chi connectivity index (χ1v) is 8.05. The molecule has 116 valence electrons. The first-order valence-electron chi connectivity index (χ1n) is 8.05. The van der Waals surface area contributed by atoms with Crippen LogP contribution in [0.15, 0.2) is 58.8 Å². The average molecular weight is 296 g/mol. The van der Waals surface area contributed by atoms with Gasteiger partial charge in [0.15, 0.2) is 0 Å². The average Bonchev–Trinajstić information content (AvgIpc) is 2.56. The fourth-order valence-corrected chi connectivity index (χ4v) is 2.20. The van der Waals surface area contributed by atoms with Crippen LogP contribution in [0.25, 0.3) is 0 Å². The smallest absolute Gasteiger partial charge is 0.119 e. The fraction of sp³-hybridized carbons (Fsp3) is 0.368. The predicted octanol–water partition coefficient (Wildman–Crippen LogP) is 6.23. The Morgan fingerprint density at radius 1 is 0.773 bits per heavy atom. The molecular formula is C19H24N2O. The minimum atomic E-state index is 0.672. The van der Waals surface area contributed by atoms with E-state index in [0.29, 0.717) is 6.61 Å². The number of hydrogen-bond donors (Lipinski definition) is 0. The Labute approximate surface area is 133 Å². The number of unbranched alkanes of at least 4 members (excludes halogenated alkanes) is 2. The highest BCUT2D eigenvalue weighted by atomic mass is 16.5. The maximum Gasteiger partial charge on any atom is 0.119 e. The molecule has 0 heterocycles. The molecule has 0 aliphatic heterocycles. The molecule has 0 aromatic heterocycles. The van der Waals surface area contributed by atoms with Gasteiger partial charge in [0.25, 0.3) is 0 Å². The van der Waals surface area contributed by atoms with Gasteiger partial charge >= 0.3 is 0 Å². The quantitative estimate of drug-likeness (QED) is 0.419. The van der Waals surface area contributed by atoms with E-state index in [0.717, 1.165) is 23.5 Å². The molecule has 3 nitrogen and oxygen atoms in total. The fourth-order valence-electron chi connectivity index (χ4n) is 2.20. The van der Waals surface area contributed by atoms with Crippen molar-refractivity contribution >= 4 is 11.4 Å². The lowest BCUT2D eigenvalue weighted by atomic mass is 10.1. The van der Waals surface area contributed by atoms with E-state index in [2.05, 4.69) is 29.3 Å². The SMILES string of the molecule is CCCCCc1ccc(N=Nc2ccc(OCC)cc2)cc1. The molecule has 2 rings (SSSR count). The molecule has 0 bridgehead atoms. The summed E-state index contributed by atoms with van der Waals surface area (Å²) in [5, 5.41) is 8.53. The van der Waals surface area contributed by atoms with Gasteiger partial charge in [-0.1, -0.05) is 31.9 Å². The second-order valence-corrected chi connectivity index (χ2v) is 5.25. The summed E-state index contributed by atoms with van der Waals surface area (Å²) < 4.78 is 5.40. The summed E-state index contributed by atoms with van der Waals surface area (Å²) in [6, 6.07) is 16.0. The van der Waals surface area contributed by atoms with Crippen LogP contribution < -0.4 is 4.74 Å². The molecule has 0 saturated carbocycles. The molecule has 0 saturated heterocycles. The summed E-state index contributed by atoms with van der Waals surface area (Å²) in [6.45, 7) is 4.87. The zero-order chi connectivity index (χ0) is 15.6. The monoisotopic (exact) mass is 296 g/mol. The van der Waals surface area contributed by atoms with Crippen LogP contribution in [0.1, 0.15) is 38.7 Å². The Bertz CT molecular complexity index is 573. The summed E-state index contributed by atoms with van der Waals surface area (Å²) in [6.07, 6.45) is 4.95. The van der Waals surface area contributed by atoms with E-state index in [-0.39, 0.29) is 0 Å². The minimum absolute atomic E-state index is 0.672. The van der Waals surface area contributed by atoms with Crippen LogP contribution in [0.3, 0.4) is 0 Å². The zero-order valence-electron chi connectivity index (χ0n) is 13.5. The third-order valence-electron chi connectivity index (χ3n) is 3.43. The number of benzene rings is 2. The Morgan fingerprint density at radius 2 is 1.36 bits per heavy atom. The normalized spacial score (nSPS) is 11.0. The lowest BCUT2D eigenvalue weighted by molar-refractivity contribution is 0.340. The second-order valence-electron chi connectivity index (χ2n) is 5.25. The van der Waals surface area contributed by atoms with E-state index < -0.39 is 0 Å². The second kappa shape index (κ2) is 8.98. The van der Waals surface area contributed by atoms with Crippen LogP contribution in [0, 0.1) is 0 Å². The van der Waals surface area contributed by atoms with Crippen LogP contribution >= 0.6 is 0 Å². The van der Waals surface area contributed by atoms with Crippen LogP contribution in [0.5, 0.6) is 5.75 Å². The Kier molecular flexibility index (Phi) is 6.62. The largest absolute Gasteiger partial charge is 0.494 e. The molecule has 0 amide bonds. The molecule has 3 heteroatoms. The minimum Gasteiger partial charge on any atom is -0.494 e. The number of azo groups is 1. The van der Waals surface area contributed by atoms with E-state index >= 15 is 0 Å². The molecule has 0 N–H and O–H groups in total. The van der Waals surface area contributed by atoms with E-state index in [1.165, 1.54) is 24.8 Å². The van der Waals surface area contributed by atoms with Crippen LogP contribution in [0.2, 0.25) is 0 Å². The molecule has 0 aliphatic carbocycles. The van der Waals surface area contributed by atoms with Gasteiger partial charge in [-0.3, -0.25) is 0 Å². The maximum atomic E-state index is 5.40. The predicted molar refractivity (Wildman–Crippen MR) is 91.5 cm³/mol. The van der Waals surface area contributed by atoms with Gasteiger partial charge in [0.2, 0.25) is 0 Å². The van der Waals surface area contributed by atoms with Crippen molar-refractivity contribution in [1.82, 2.24) is 0 Å². The van der Waals surface area contributed by atoms with Crippen LogP contribution in [-0.4, -0.2) is 6.61 Å². The molecule has 0 atom stereocenters. The van der Waals surface area contributed by atoms with Crippen molar-refractivity contribution in [1.29, 1.82) is 0 Å². The summed E-state index contributed by atoms with van der Waals surface area (Å²) in [5.41, 5.74) is 3.08.